The van der Waals surface area contributed by atoms with Crippen LogP contribution in [0.4, 0.5) is 0 Å². The first kappa shape index (κ1) is 15.5. The molecule has 1 aliphatic heterocycles. The third-order valence-corrected chi connectivity index (χ3v) is 3.36. The Bertz CT molecular complexity index is 511. The molecule has 21 heavy (non-hydrogen) atoms. The van der Waals surface area contributed by atoms with Gasteiger partial charge in [-0.1, -0.05) is 11.8 Å². The fourth-order valence-corrected chi connectivity index (χ4v) is 2.23. The van der Waals surface area contributed by atoms with Gasteiger partial charge in [0.05, 0.1) is 12.6 Å². The molecule has 5 nitrogen and oxygen atoms in total. The maximum atomic E-state index is 11.9. The Kier molecular flexibility index (Phi) is 6.20. The van der Waals surface area contributed by atoms with Crippen molar-refractivity contribution in [2.45, 2.75) is 31.8 Å². The summed E-state index contributed by atoms with van der Waals surface area (Å²) in [5.41, 5.74) is 6.46. The number of amides is 1. The first-order valence-corrected chi connectivity index (χ1v) is 7.34. The van der Waals surface area contributed by atoms with Gasteiger partial charge in [-0.2, -0.15) is 0 Å². The molecule has 1 aromatic heterocycles. The molecule has 2 heterocycles. The predicted molar refractivity (Wildman–Crippen MR) is 80.7 cm³/mol. The van der Waals surface area contributed by atoms with Gasteiger partial charge in [-0.3, -0.25) is 4.79 Å². The molecule has 1 saturated heterocycles. The highest BCUT2D eigenvalue weighted by molar-refractivity contribution is 5.92. The van der Waals surface area contributed by atoms with E-state index >= 15 is 0 Å². The monoisotopic (exact) mass is 287 g/mol. The van der Waals surface area contributed by atoms with Gasteiger partial charge in [0.1, 0.15) is 5.69 Å². The molecule has 1 aromatic rings. The van der Waals surface area contributed by atoms with Crippen molar-refractivity contribution in [3.05, 3.63) is 29.6 Å². The molecule has 0 saturated carbocycles. The molecular weight excluding hydrogens is 266 g/mol. The molecule has 1 unspecified atom stereocenters. The van der Waals surface area contributed by atoms with E-state index in [1.54, 1.807) is 18.3 Å². The second-order valence-corrected chi connectivity index (χ2v) is 4.97. The number of hydrogen-bond acceptors (Lipinski definition) is 4. The number of pyridine rings is 1. The standard InChI is InChI=1S/C16H21N3O2/c17-9-3-4-13-6-7-15(19-12-13)16(20)18-10-8-14-5-1-2-11-21-14/h6-7,12,14H,1-2,5,8-11,17H2,(H,18,20). The smallest absolute Gasteiger partial charge is 0.269 e. The van der Waals surface area contributed by atoms with Crippen molar-refractivity contribution in [2.24, 2.45) is 5.73 Å². The molecule has 0 aliphatic carbocycles. The van der Waals surface area contributed by atoms with E-state index < -0.39 is 0 Å². The van der Waals surface area contributed by atoms with E-state index in [0.29, 0.717) is 18.8 Å². The summed E-state index contributed by atoms with van der Waals surface area (Å²) >= 11 is 0. The molecule has 1 amide bonds. The second kappa shape index (κ2) is 8.40. The summed E-state index contributed by atoms with van der Waals surface area (Å²) in [5, 5.41) is 2.87. The number of carbonyl (C=O) groups is 1. The van der Waals surface area contributed by atoms with E-state index in [-0.39, 0.29) is 12.0 Å². The molecule has 0 bridgehead atoms. The molecule has 0 spiro atoms. The van der Waals surface area contributed by atoms with Gasteiger partial charge in [0.15, 0.2) is 0 Å². The van der Waals surface area contributed by atoms with Crippen LogP contribution in [0.3, 0.4) is 0 Å². The van der Waals surface area contributed by atoms with Crippen molar-refractivity contribution in [1.29, 1.82) is 0 Å². The summed E-state index contributed by atoms with van der Waals surface area (Å²) in [5.74, 6) is 5.46. The van der Waals surface area contributed by atoms with Crippen LogP contribution in [0, 0.1) is 11.8 Å². The summed E-state index contributed by atoms with van der Waals surface area (Å²) in [4.78, 5) is 16.1. The van der Waals surface area contributed by atoms with Gasteiger partial charge >= 0.3 is 0 Å². The Morgan fingerprint density at radius 2 is 2.38 bits per heavy atom. The van der Waals surface area contributed by atoms with Gasteiger partial charge in [0, 0.05) is 24.9 Å². The van der Waals surface area contributed by atoms with Gasteiger partial charge in [-0.15, -0.1) is 0 Å². The van der Waals surface area contributed by atoms with Crippen LogP contribution in [0.25, 0.3) is 0 Å². The highest BCUT2D eigenvalue weighted by Crippen LogP contribution is 2.14. The number of carbonyl (C=O) groups excluding carboxylic acids is 1. The number of nitrogens with two attached hydrogens (primary N) is 1. The van der Waals surface area contributed by atoms with Crippen molar-refractivity contribution in [1.82, 2.24) is 10.3 Å². The highest BCUT2D eigenvalue weighted by atomic mass is 16.5. The summed E-state index contributed by atoms with van der Waals surface area (Å²) in [6.45, 7) is 1.76. The van der Waals surface area contributed by atoms with Gasteiger partial charge in [-0.25, -0.2) is 4.98 Å². The lowest BCUT2D eigenvalue weighted by Gasteiger charge is -2.22. The Balaban J connectivity index is 1.77. The first-order valence-electron chi connectivity index (χ1n) is 7.34. The normalized spacial score (nSPS) is 17.7. The van der Waals surface area contributed by atoms with Crippen LogP contribution >= 0.6 is 0 Å². The van der Waals surface area contributed by atoms with Gasteiger partial charge in [0.2, 0.25) is 0 Å². The minimum atomic E-state index is -0.163. The zero-order valence-corrected chi connectivity index (χ0v) is 12.1. The van der Waals surface area contributed by atoms with Crippen LogP contribution < -0.4 is 11.1 Å². The van der Waals surface area contributed by atoms with Crippen LogP contribution in [0.2, 0.25) is 0 Å². The predicted octanol–water partition coefficient (Wildman–Crippen LogP) is 1.08. The van der Waals surface area contributed by atoms with Crippen molar-refractivity contribution in [2.75, 3.05) is 19.7 Å². The molecule has 0 aromatic carbocycles. The maximum absolute atomic E-state index is 11.9. The molecule has 1 atom stereocenters. The van der Waals surface area contributed by atoms with E-state index in [9.17, 15) is 4.79 Å². The minimum absolute atomic E-state index is 0.163. The van der Waals surface area contributed by atoms with Crippen LogP contribution in [0.5, 0.6) is 0 Å². The number of rotatable bonds is 4. The molecule has 112 valence electrons. The summed E-state index contributed by atoms with van der Waals surface area (Å²) in [7, 11) is 0. The Labute approximate surface area is 125 Å². The summed E-state index contributed by atoms with van der Waals surface area (Å²) in [6.07, 6.45) is 6.16. The largest absolute Gasteiger partial charge is 0.378 e. The van der Waals surface area contributed by atoms with Crippen LogP contribution in [-0.2, 0) is 4.74 Å². The molecule has 1 fully saturated rings. The quantitative estimate of drug-likeness (QED) is 0.812. The Hall–Kier alpha value is -1.90. The third-order valence-electron chi connectivity index (χ3n) is 3.36. The highest BCUT2D eigenvalue weighted by Gasteiger charge is 2.14. The van der Waals surface area contributed by atoms with Crippen molar-refractivity contribution < 1.29 is 9.53 Å². The SMILES string of the molecule is NCC#Cc1ccc(C(=O)NCCC2CCCCO2)nc1. The van der Waals surface area contributed by atoms with Crippen molar-refractivity contribution in [3.63, 3.8) is 0 Å². The number of hydrogen-bond donors (Lipinski definition) is 2. The molecule has 2 rings (SSSR count). The van der Waals surface area contributed by atoms with Crippen LogP contribution in [0.1, 0.15) is 41.7 Å². The lowest BCUT2D eigenvalue weighted by molar-refractivity contribution is 0.0117. The van der Waals surface area contributed by atoms with Crippen molar-refractivity contribution >= 4 is 5.91 Å². The first-order chi connectivity index (χ1) is 10.3. The van der Waals surface area contributed by atoms with Gasteiger partial charge < -0.3 is 15.8 Å². The average Bonchev–Trinajstić information content (AvgIpc) is 2.54. The molecule has 1 aliphatic rings. The second-order valence-electron chi connectivity index (χ2n) is 4.97. The molecule has 5 heteroatoms. The van der Waals surface area contributed by atoms with Crippen LogP contribution in [0.15, 0.2) is 18.3 Å². The summed E-state index contributed by atoms with van der Waals surface area (Å²) < 4.78 is 5.63. The molecule has 0 radical (unpaired) electrons. The van der Waals surface area contributed by atoms with E-state index in [1.807, 2.05) is 0 Å². The number of nitrogens with one attached hydrogen (secondary N) is 1. The minimum Gasteiger partial charge on any atom is -0.378 e. The lowest BCUT2D eigenvalue weighted by atomic mass is 10.1. The topological polar surface area (TPSA) is 77.2 Å². The van der Waals surface area contributed by atoms with Gasteiger partial charge in [-0.05, 0) is 37.8 Å². The maximum Gasteiger partial charge on any atom is 0.269 e. The average molecular weight is 287 g/mol. The third kappa shape index (κ3) is 5.18. The van der Waals surface area contributed by atoms with E-state index in [4.69, 9.17) is 10.5 Å². The lowest BCUT2D eigenvalue weighted by Crippen LogP contribution is -2.29. The Morgan fingerprint density at radius 1 is 1.48 bits per heavy atom. The zero-order chi connectivity index (χ0) is 14.9. The fraction of sp³-hybridized carbons (Fsp3) is 0.500. The van der Waals surface area contributed by atoms with E-state index in [0.717, 1.165) is 31.4 Å². The number of nitrogens with zero attached hydrogens (tertiary/aromatic N) is 1. The zero-order valence-electron chi connectivity index (χ0n) is 12.1. The molecular formula is C16H21N3O2. The van der Waals surface area contributed by atoms with Gasteiger partial charge in [0.25, 0.3) is 5.91 Å². The van der Waals surface area contributed by atoms with Crippen LogP contribution in [-0.4, -0.2) is 36.7 Å². The fourth-order valence-electron chi connectivity index (χ4n) is 2.23. The number of ether oxygens (including phenoxy) is 1. The summed E-state index contributed by atoms with van der Waals surface area (Å²) in [6, 6.07) is 3.45. The van der Waals surface area contributed by atoms with Crippen molar-refractivity contribution in [3.8, 4) is 11.8 Å². The molecule has 3 N–H and O–H groups in total. The van der Waals surface area contributed by atoms with E-state index in [2.05, 4.69) is 22.1 Å². The Morgan fingerprint density at radius 3 is 3.05 bits per heavy atom. The number of aromatic nitrogens is 1. The van der Waals surface area contributed by atoms with E-state index in [1.165, 1.54) is 6.42 Å².